The quantitative estimate of drug-likeness (QED) is 0.743. The number of likely N-dealkylation sites (tertiary alicyclic amines) is 2. The maximum absolute atomic E-state index is 12.9. The van der Waals surface area contributed by atoms with Crippen molar-refractivity contribution in [2.24, 2.45) is 0 Å². The van der Waals surface area contributed by atoms with Crippen LogP contribution in [0.3, 0.4) is 0 Å². The first-order valence-corrected chi connectivity index (χ1v) is 8.92. The molecule has 0 spiro atoms. The molecule has 7 nitrogen and oxygen atoms in total. The van der Waals surface area contributed by atoms with E-state index in [-0.39, 0.29) is 29.8 Å². The lowest BCUT2D eigenvalue weighted by molar-refractivity contribution is -0.146. The Balaban J connectivity index is 1.97. The van der Waals surface area contributed by atoms with Gasteiger partial charge in [-0.25, -0.2) is 0 Å². The van der Waals surface area contributed by atoms with Crippen molar-refractivity contribution in [1.29, 1.82) is 0 Å². The third kappa shape index (κ3) is 4.26. The lowest BCUT2D eigenvalue weighted by Gasteiger charge is -2.31. The highest BCUT2D eigenvalue weighted by atomic mass is 16.2. The van der Waals surface area contributed by atoms with E-state index in [9.17, 15) is 14.4 Å². The van der Waals surface area contributed by atoms with Crippen LogP contribution in [0.15, 0.2) is 0 Å². The molecule has 2 aliphatic rings. The molecule has 3 amide bonds. The van der Waals surface area contributed by atoms with Crippen LogP contribution in [-0.4, -0.2) is 85.3 Å². The van der Waals surface area contributed by atoms with Gasteiger partial charge < -0.3 is 20.0 Å². The van der Waals surface area contributed by atoms with Gasteiger partial charge in [-0.1, -0.05) is 0 Å². The highest BCUT2D eigenvalue weighted by Gasteiger charge is 2.41. The van der Waals surface area contributed by atoms with Gasteiger partial charge in [0.25, 0.3) is 0 Å². The zero-order valence-corrected chi connectivity index (χ0v) is 15.1. The van der Waals surface area contributed by atoms with Crippen LogP contribution in [0.4, 0.5) is 0 Å². The molecular weight excluding hydrogens is 308 g/mol. The Kier molecular flexibility index (Phi) is 6.60. The lowest BCUT2D eigenvalue weighted by atomic mass is 10.1. The molecule has 2 aliphatic heterocycles. The minimum absolute atomic E-state index is 0.0560. The summed E-state index contributed by atoms with van der Waals surface area (Å²) in [5, 5.41) is 2.64. The van der Waals surface area contributed by atoms with Gasteiger partial charge in [-0.15, -0.1) is 0 Å². The van der Waals surface area contributed by atoms with Gasteiger partial charge in [-0.3, -0.25) is 14.4 Å². The zero-order valence-electron chi connectivity index (χ0n) is 15.1. The number of hydrogen-bond acceptors (Lipinski definition) is 4. The van der Waals surface area contributed by atoms with Crippen molar-refractivity contribution in [3.05, 3.63) is 0 Å². The van der Waals surface area contributed by atoms with Crippen LogP contribution in [0.5, 0.6) is 0 Å². The summed E-state index contributed by atoms with van der Waals surface area (Å²) in [4.78, 5) is 42.8. The fourth-order valence-corrected chi connectivity index (χ4v) is 3.67. The number of rotatable bonds is 6. The van der Waals surface area contributed by atoms with Gasteiger partial charge in [0.2, 0.25) is 17.7 Å². The van der Waals surface area contributed by atoms with Crippen molar-refractivity contribution in [2.45, 2.75) is 50.6 Å². The Labute approximate surface area is 144 Å². The van der Waals surface area contributed by atoms with Crippen LogP contribution in [0.2, 0.25) is 0 Å². The molecule has 2 atom stereocenters. The second kappa shape index (κ2) is 8.46. The SMILES string of the molecule is CNC(=O)C1CCCN1C(=O)C1CCCN1C(=O)CCCN(C)C. The molecule has 0 radical (unpaired) electrons. The minimum Gasteiger partial charge on any atom is -0.357 e. The van der Waals surface area contributed by atoms with E-state index in [2.05, 4.69) is 10.2 Å². The third-order valence-corrected chi connectivity index (χ3v) is 4.94. The molecule has 2 fully saturated rings. The number of amides is 3. The topological polar surface area (TPSA) is 73.0 Å². The minimum atomic E-state index is -0.387. The number of carbonyl (C=O) groups is 3. The molecule has 0 bridgehead atoms. The molecule has 2 heterocycles. The Hall–Kier alpha value is -1.63. The van der Waals surface area contributed by atoms with Crippen LogP contribution in [0.25, 0.3) is 0 Å². The fraction of sp³-hybridized carbons (Fsp3) is 0.824. The summed E-state index contributed by atoms with van der Waals surface area (Å²) in [7, 11) is 5.57. The molecule has 2 saturated heterocycles. The summed E-state index contributed by atoms with van der Waals surface area (Å²) in [6.45, 7) is 2.12. The van der Waals surface area contributed by atoms with Gasteiger partial charge in [-0.05, 0) is 52.7 Å². The first-order valence-electron chi connectivity index (χ1n) is 8.92. The standard InChI is InChI=1S/C17H30N4O3/c1-18-16(23)13-7-4-12-21(13)17(24)14-8-5-11-20(14)15(22)9-6-10-19(2)3/h13-14H,4-12H2,1-3H3,(H,18,23). The van der Waals surface area contributed by atoms with E-state index in [1.165, 1.54) is 0 Å². The summed E-state index contributed by atoms with van der Waals surface area (Å²) in [5.74, 6) is -0.106. The third-order valence-electron chi connectivity index (χ3n) is 4.94. The number of hydrogen-bond donors (Lipinski definition) is 1. The van der Waals surface area contributed by atoms with E-state index < -0.39 is 0 Å². The van der Waals surface area contributed by atoms with Crippen LogP contribution in [0, 0.1) is 0 Å². The average Bonchev–Trinajstić information content (AvgIpc) is 3.22. The summed E-state index contributed by atoms with van der Waals surface area (Å²) in [6.07, 6.45) is 4.38. The van der Waals surface area contributed by atoms with Gasteiger partial charge >= 0.3 is 0 Å². The van der Waals surface area contributed by atoms with Crippen LogP contribution < -0.4 is 5.32 Å². The zero-order chi connectivity index (χ0) is 17.7. The molecule has 0 saturated carbocycles. The van der Waals surface area contributed by atoms with E-state index >= 15 is 0 Å². The van der Waals surface area contributed by atoms with Gasteiger partial charge in [0.1, 0.15) is 12.1 Å². The molecule has 24 heavy (non-hydrogen) atoms. The van der Waals surface area contributed by atoms with Crippen molar-refractivity contribution < 1.29 is 14.4 Å². The molecule has 7 heteroatoms. The maximum Gasteiger partial charge on any atom is 0.246 e. The summed E-state index contributed by atoms with van der Waals surface area (Å²) in [5.41, 5.74) is 0. The number of nitrogens with one attached hydrogen (secondary N) is 1. The summed E-state index contributed by atoms with van der Waals surface area (Å²) < 4.78 is 0. The van der Waals surface area contributed by atoms with Crippen molar-refractivity contribution >= 4 is 17.7 Å². The molecule has 0 aromatic carbocycles. The van der Waals surface area contributed by atoms with Crippen molar-refractivity contribution in [3.8, 4) is 0 Å². The fourth-order valence-electron chi connectivity index (χ4n) is 3.67. The molecule has 2 unspecified atom stereocenters. The van der Waals surface area contributed by atoms with Crippen LogP contribution >= 0.6 is 0 Å². The van der Waals surface area contributed by atoms with E-state index in [0.717, 1.165) is 25.8 Å². The first kappa shape index (κ1) is 18.7. The predicted octanol–water partition coefficient (Wildman–Crippen LogP) is 0.0562. The Morgan fingerprint density at radius 3 is 2.29 bits per heavy atom. The Morgan fingerprint density at radius 2 is 1.67 bits per heavy atom. The van der Waals surface area contributed by atoms with Crippen molar-refractivity contribution in [2.75, 3.05) is 40.8 Å². The molecule has 2 rings (SSSR count). The molecule has 1 N–H and O–H groups in total. The monoisotopic (exact) mass is 338 g/mol. The Morgan fingerprint density at radius 1 is 1.04 bits per heavy atom. The first-order chi connectivity index (χ1) is 11.5. The number of nitrogens with zero attached hydrogens (tertiary/aromatic N) is 3. The number of likely N-dealkylation sites (N-methyl/N-ethyl adjacent to an activating group) is 1. The normalized spacial score (nSPS) is 23.8. The average molecular weight is 338 g/mol. The highest BCUT2D eigenvalue weighted by molar-refractivity contribution is 5.92. The second-order valence-corrected chi connectivity index (χ2v) is 6.96. The molecule has 136 valence electrons. The smallest absolute Gasteiger partial charge is 0.246 e. The highest BCUT2D eigenvalue weighted by Crippen LogP contribution is 2.25. The predicted molar refractivity (Wildman–Crippen MR) is 91.3 cm³/mol. The molecule has 0 aliphatic carbocycles. The van der Waals surface area contributed by atoms with Gasteiger partial charge in [0, 0.05) is 26.6 Å². The van der Waals surface area contributed by atoms with E-state index in [0.29, 0.717) is 32.4 Å². The molecular formula is C17H30N4O3. The number of carbonyl (C=O) groups excluding carboxylic acids is 3. The van der Waals surface area contributed by atoms with E-state index in [1.807, 2.05) is 14.1 Å². The van der Waals surface area contributed by atoms with Gasteiger partial charge in [0.05, 0.1) is 0 Å². The van der Waals surface area contributed by atoms with Crippen LogP contribution in [-0.2, 0) is 14.4 Å². The second-order valence-electron chi connectivity index (χ2n) is 6.96. The van der Waals surface area contributed by atoms with E-state index in [1.54, 1.807) is 16.8 Å². The van der Waals surface area contributed by atoms with Crippen LogP contribution in [0.1, 0.15) is 38.5 Å². The van der Waals surface area contributed by atoms with Crippen molar-refractivity contribution in [1.82, 2.24) is 20.0 Å². The largest absolute Gasteiger partial charge is 0.357 e. The van der Waals surface area contributed by atoms with Gasteiger partial charge in [0.15, 0.2) is 0 Å². The lowest BCUT2D eigenvalue weighted by Crippen LogP contribution is -2.52. The van der Waals surface area contributed by atoms with Crippen molar-refractivity contribution in [3.63, 3.8) is 0 Å². The molecule has 0 aromatic heterocycles. The summed E-state index contributed by atoms with van der Waals surface area (Å²) >= 11 is 0. The molecule has 0 aromatic rings. The van der Waals surface area contributed by atoms with Gasteiger partial charge in [-0.2, -0.15) is 0 Å². The maximum atomic E-state index is 12.9. The summed E-state index contributed by atoms with van der Waals surface area (Å²) in [6, 6.07) is -0.768. The van der Waals surface area contributed by atoms with E-state index in [4.69, 9.17) is 0 Å². The Bertz CT molecular complexity index is 480.